The molecule has 0 radical (unpaired) electrons. The van der Waals surface area contributed by atoms with Gasteiger partial charge in [-0.05, 0) is 55.8 Å². The molecule has 96 valence electrons. The normalized spacial score (nSPS) is 14.2. The van der Waals surface area contributed by atoms with Gasteiger partial charge in [-0.3, -0.25) is 0 Å². The van der Waals surface area contributed by atoms with Crippen LogP contribution in [0.15, 0.2) is 27.1 Å². The third kappa shape index (κ3) is 3.84. The highest BCUT2D eigenvalue weighted by Crippen LogP contribution is 2.21. The maximum atomic E-state index is 11.9. The third-order valence-electron chi connectivity index (χ3n) is 2.25. The Hall–Kier alpha value is -0.830. The summed E-state index contributed by atoms with van der Waals surface area (Å²) in [6, 6.07) is 7.42. The van der Waals surface area contributed by atoms with Crippen LogP contribution in [0.2, 0.25) is 0 Å². The van der Waals surface area contributed by atoms with Crippen LogP contribution in [0.3, 0.4) is 0 Å². The summed E-state index contributed by atoms with van der Waals surface area (Å²) < 4.78 is 16.5. The molecule has 0 bridgehead atoms. The molecular formula is C13H15BrN2OS. The highest BCUT2D eigenvalue weighted by Gasteiger charge is 2.26. The fraction of sp³-hybridized carbons (Fsp3) is 0.385. The summed E-state index contributed by atoms with van der Waals surface area (Å²) in [6.45, 7) is 7.47. The zero-order valence-electron chi connectivity index (χ0n) is 10.8. The molecule has 0 fully saturated rings. The van der Waals surface area contributed by atoms with Gasteiger partial charge in [0.1, 0.15) is 22.2 Å². The molecule has 0 saturated carbocycles. The molecule has 1 atom stereocenters. The van der Waals surface area contributed by atoms with E-state index in [9.17, 15) is 4.55 Å². The van der Waals surface area contributed by atoms with Gasteiger partial charge in [0, 0.05) is 10.0 Å². The lowest BCUT2D eigenvalue weighted by atomic mass is 10.1. The smallest absolute Gasteiger partial charge is 0.144 e. The zero-order chi connectivity index (χ0) is 13.9. The lowest BCUT2D eigenvalue weighted by Gasteiger charge is -2.18. The first kappa shape index (κ1) is 15.2. The van der Waals surface area contributed by atoms with E-state index in [1.54, 1.807) is 6.07 Å². The molecule has 0 aliphatic heterocycles. The Bertz CT molecular complexity index is 515. The van der Waals surface area contributed by atoms with Crippen molar-refractivity contribution >= 4 is 33.0 Å². The van der Waals surface area contributed by atoms with Crippen molar-refractivity contribution < 1.29 is 4.55 Å². The van der Waals surface area contributed by atoms with E-state index in [4.69, 9.17) is 5.26 Å². The van der Waals surface area contributed by atoms with Crippen LogP contribution in [0.1, 0.15) is 38.8 Å². The fourth-order valence-electron chi connectivity index (χ4n) is 1.14. The number of nitriles is 1. The van der Waals surface area contributed by atoms with Crippen LogP contribution < -0.4 is 0 Å². The molecule has 1 rings (SSSR count). The maximum absolute atomic E-state index is 11.9. The van der Waals surface area contributed by atoms with Gasteiger partial charge in [-0.15, -0.1) is 0 Å². The molecule has 0 saturated heterocycles. The van der Waals surface area contributed by atoms with E-state index in [1.165, 1.54) is 0 Å². The second kappa shape index (κ2) is 5.87. The Morgan fingerprint density at radius 2 is 2.06 bits per heavy atom. The van der Waals surface area contributed by atoms with Crippen LogP contribution in [-0.4, -0.2) is 15.0 Å². The van der Waals surface area contributed by atoms with Crippen LogP contribution >= 0.6 is 15.9 Å². The van der Waals surface area contributed by atoms with E-state index >= 15 is 0 Å². The Kier molecular flexibility index (Phi) is 4.97. The van der Waals surface area contributed by atoms with Crippen molar-refractivity contribution in [2.24, 2.45) is 4.40 Å². The highest BCUT2D eigenvalue weighted by atomic mass is 79.9. The van der Waals surface area contributed by atoms with E-state index in [2.05, 4.69) is 26.4 Å². The van der Waals surface area contributed by atoms with Gasteiger partial charge < -0.3 is 4.55 Å². The van der Waals surface area contributed by atoms with Gasteiger partial charge in [-0.1, -0.05) is 10.5 Å². The number of rotatable bonds is 2. The first-order valence-corrected chi connectivity index (χ1v) is 7.33. The molecule has 5 heteroatoms. The number of hydrogen-bond donors (Lipinski definition) is 0. The summed E-state index contributed by atoms with van der Waals surface area (Å²) in [5, 5.41) is 8.84. The minimum atomic E-state index is -1.27. The number of hydrogen-bond acceptors (Lipinski definition) is 3. The minimum absolute atomic E-state index is 0.370. The van der Waals surface area contributed by atoms with E-state index < -0.39 is 11.4 Å². The molecule has 0 N–H and O–H groups in total. The Labute approximate surface area is 119 Å². The molecule has 18 heavy (non-hydrogen) atoms. The highest BCUT2D eigenvalue weighted by molar-refractivity contribution is 9.10. The van der Waals surface area contributed by atoms with Gasteiger partial charge in [0.25, 0.3) is 0 Å². The molecule has 0 spiro atoms. The van der Waals surface area contributed by atoms with E-state index in [-0.39, 0.29) is 4.75 Å². The van der Waals surface area contributed by atoms with Crippen LogP contribution in [-0.2, 0) is 11.4 Å². The van der Waals surface area contributed by atoms with Crippen molar-refractivity contribution in [3.8, 4) is 6.07 Å². The lowest BCUT2D eigenvalue weighted by molar-refractivity contribution is 0.561. The Balaban J connectivity index is 3.05. The first-order chi connectivity index (χ1) is 8.25. The predicted molar refractivity (Wildman–Crippen MR) is 79.0 cm³/mol. The minimum Gasteiger partial charge on any atom is -0.591 e. The molecule has 0 aromatic heterocycles. The predicted octanol–water partition coefficient (Wildman–Crippen LogP) is 3.59. The van der Waals surface area contributed by atoms with Crippen LogP contribution in [0.5, 0.6) is 0 Å². The summed E-state index contributed by atoms with van der Waals surface area (Å²) in [7, 11) is 0. The van der Waals surface area contributed by atoms with E-state index in [0.717, 1.165) is 10.0 Å². The molecule has 1 aromatic carbocycles. The fourth-order valence-corrected chi connectivity index (χ4v) is 2.24. The van der Waals surface area contributed by atoms with Gasteiger partial charge in [0.05, 0.1) is 11.3 Å². The summed E-state index contributed by atoms with van der Waals surface area (Å²) in [5.41, 5.74) is 2.13. The van der Waals surface area contributed by atoms with Gasteiger partial charge in [0.2, 0.25) is 0 Å². The Morgan fingerprint density at radius 3 is 2.50 bits per heavy atom. The molecule has 1 unspecified atom stereocenters. The van der Waals surface area contributed by atoms with Gasteiger partial charge in [-0.25, -0.2) is 0 Å². The van der Waals surface area contributed by atoms with Crippen molar-refractivity contribution in [3.63, 3.8) is 0 Å². The first-order valence-electron chi connectivity index (χ1n) is 5.43. The number of halogens is 1. The topological polar surface area (TPSA) is 59.2 Å². The van der Waals surface area contributed by atoms with Gasteiger partial charge in [-0.2, -0.15) is 5.26 Å². The van der Waals surface area contributed by atoms with Crippen molar-refractivity contribution in [2.75, 3.05) is 0 Å². The standard InChI is InChI=1S/C13H15BrN2OS/c1-9(16-18(17)13(2,3)4)10-5-6-11(8-15)12(14)7-10/h5-7H,1-4H3/b16-9+. The van der Waals surface area contributed by atoms with Gasteiger partial charge in [0.15, 0.2) is 0 Å². The lowest BCUT2D eigenvalue weighted by Crippen LogP contribution is -2.26. The summed E-state index contributed by atoms with van der Waals surface area (Å²) in [6.07, 6.45) is 0. The third-order valence-corrected chi connectivity index (χ3v) is 4.39. The molecule has 0 aliphatic carbocycles. The van der Waals surface area contributed by atoms with Crippen LogP contribution in [0, 0.1) is 11.3 Å². The van der Waals surface area contributed by atoms with Crippen LogP contribution in [0.25, 0.3) is 0 Å². The van der Waals surface area contributed by atoms with Crippen molar-refractivity contribution in [1.82, 2.24) is 0 Å². The van der Waals surface area contributed by atoms with E-state index in [1.807, 2.05) is 39.8 Å². The summed E-state index contributed by atoms with van der Waals surface area (Å²) in [5.74, 6) is 0. The average Bonchev–Trinajstić information content (AvgIpc) is 2.27. The van der Waals surface area contributed by atoms with Crippen molar-refractivity contribution in [2.45, 2.75) is 32.4 Å². The molecule has 1 aromatic rings. The molecule has 3 nitrogen and oxygen atoms in total. The second-order valence-electron chi connectivity index (χ2n) is 4.84. The largest absolute Gasteiger partial charge is 0.591 e. The zero-order valence-corrected chi connectivity index (χ0v) is 13.2. The second-order valence-corrected chi connectivity index (χ2v) is 7.60. The number of nitrogens with zero attached hydrogens (tertiary/aromatic N) is 2. The monoisotopic (exact) mass is 326 g/mol. The van der Waals surface area contributed by atoms with Gasteiger partial charge >= 0.3 is 0 Å². The maximum Gasteiger partial charge on any atom is 0.144 e. The molecular weight excluding hydrogens is 312 g/mol. The summed E-state index contributed by atoms with van der Waals surface area (Å²) >= 11 is 2.05. The molecule has 0 heterocycles. The molecule has 0 aliphatic rings. The van der Waals surface area contributed by atoms with Crippen molar-refractivity contribution in [1.29, 1.82) is 5.26 Å². The van der Waals surface area contributed by atoms with E-state index in [0.29, 0.717) is 11.3 Å². The van der Waals surface area contributed by atoms with Crippen LogP contribution in [0.4, 0.5) is 0 Å². The quantitative estimate of drug-likeness (QED) is 0.615. The Morgan fingerprint density at radius 1 is 1.44 bits per heavy atom. The molecule has 0 amide bonds. The summed E-state index contributed by atoms with van der Waals surface area (Å²) in [4.78, 5) is 0. The average molecular weight is 327 g/mol. The van der Waals surface area contributed by atoms with Crippen molar-refractivity contribution in [3.05, 3.63) is 33.8 Å². The number of benzene rings is 1. The SMILES string of the molecule is C/C(=N\[S+]([O-])C(C)(C)C)c1ccc(C#N)c(Br)c1.